The Labute approximate surface area is 108 Å². The zero-order valence-corrected chi connectivity index (χ0v) is 10.9. The second kappa shape index (κ2) is 7.09. The lowest BCUT2D eigenvalue weighted by atomic mass is 10.1. The first-order chi connectivity index (χ1) is 8.92. The van der Waals surface area contributed by atoms with Crippen molar-refractivity contribution in [2.45, 2.75) is 20.0 Å². The normalized spacial score (nSPS) is 10.9. The zero-order valence-electron chi connectivity index (χ0n) is 10.9. The molecule has 96 valence electrons. The molecule has 2 rings (SSSR count). The SMILES string of the molecule is CCCNCCOCc1ccnc2ccccc12. The molecule has 18 heavy (non-hydrogen) atoms. The van der Waals surface area contributed by atoms with Gasteiger partial charge in [0, 0.05) is 18.1 Å². The van der Waals surface area contributed by atoms with Crippen LogP contribution in [0.15, 0.2) is 36.5 Å². The van der Waals surface area contributed by atoms with Crippen molar-refractivity contribution < 1.29 is 4.74 Å². The molecule has 1 aromatic heterocycles. The molecule has 1 heterocycles. The van der Waals surface area contributed by atoms with Crippen LogP contribution in [0.5, 0.6) is 0 Å². The molecule has 0 aliphatic rings. The van der Waals surface area contributed by atoms with Crippen molar-refractivity contribution in [1.82, 2.24) is 10.3 Å². The molecule has 3 nitrogen and oxygen atoms in total. The maximum atomic E-state index is 5.68. The highest BCUT2D eigenvalue weighted by molar-refractivity contribution is 5.81. The van der Waals surface area contributed by atoms with Crippen LogP contribution in [-0.2, 0) is 11.3 Å². The largest absolute Gasteiger partial charge is 0.375 e. The van der Waals surface area contributed by atoms with E-state index in [4.69, 9.17) is 4.74 Å². The van der Waals surface area contributed by atoms with E-state index in [-0.39, 0.29) is 0 Å². The third kappa shape index (κ3) is 3.52. The summed E-state index contributed by atoms with van der Waals surface area (Å²) >= 11 is 0. The molecule has 0 saturated heterocycles. The summed E-state index contributed by atoms with van der Waals surface area (Å²) in [5.41, 5.74) is 2.23. The van der Waals surface area contributed by atoms with Gasteiger partial charge in [-0.1, -0.05) is 25.1 Å². The minimum Gasteiger partial charge on any atom is -0.375 e. The van der Waals surface area contributed by atoms with Crippen LogP contribution in [0.1, 0.15) is 18.9 Å². The molecule has 0 unspecified atom stereocenters. The Balaban J connectivity index is 1.88. The van der Waals surface area contributed by atoms with Crippen molar-refractivity contribution in [2.75, 3.05) is 19.7 Å². The Morgan fingerprint density at radius 1 is 1.17 bits per heavy atom. The minimum absolute atomic E-state index is 0.650. The third-order valence-electron chi connectivity index (χ3n) is 2.85. The molecule has 1 N–H and O–H groups in total. The van der Waals surface area contributed by atoms with E-state index >= 15 is 0 Å². The first-order valence-corrected chi connectivity index (χ1v) is 6.53. The Kier molecular flexibility index (Phi) is 5.12. The third-order valence-corrected chi connectivity index (χ3v) is 2.85. The number of nitrogens with zero attached hydrogens (tertiary/aromatic N) is 1. The molecular formula is C15H20N2O. The number of aromatic nitrogens is 1. The van der Waals surface area contributed by atoms with Crippen LogP contribution in [0, 0.1) is 0 Å². The number of ether oxygens (including phenoxy) is 1. The Morgan fingerprint density at radius 3 is 2.94 bits per heavy atom. The summed E-state index contributed by atoms with van der Waals surface area (Å²) in [5, 5.41) is 4.50. The lowest BCUT2D eigenvalue weighted by molar-refractivity contribution is 0.123. The van der Waals surface area contributed by atoms with Gasteiger partial charge in [-0.3, -0.25) is 4.98 Å². The summed E-state index contributed by atoms with van der Waals surface area (Å²) in [6.45, 7) is 5.53. The topological polar surface area (TPSA) is 34.1 Å². The number of nitrogens with one attached hydrogen (secondary N) is 1. The molecule has 3 heteroatoms. The van der Waals surface area contributed by atoms with Gasteiger partial charge >= 0.3 is 0 Å². The van der Waals surface area contributed by atoms with Crippen molar-refractivity contribution >= 4 is 10.9 Å². The maximum Gasteiger partial charge on any atom is 0.0724 e. The number of hydrogen-bond donors (Lipinski definition) is 1. The van der Waals surface area contributed by atoms with Crippen LogP contribution in [0.3, 0.4) is 0 Å². The first kappa shape index (κ1) is 13.0. The van der Waals surface area contributed by atoms with Gasteiger partial charge in [0.15, 0.2) is 0 Å². The molecule has 2 aromatic rings. The van der Waals surface area contributed by atoms with E-state index in [1.54, 1.807) is 0 Å². The van der Waals surface area contributed by atoms with Gasteiger partial charge in [-0.2, -0.15) is 0 Å². The Bertz CT molecular complexity index is 479. The van der Waals surface area contributed by atoms with Gasteiger partial charge in [0.05, 0.1) is 18.7 Å². The lowest BCUT2D eigenvalue weighted by Gasteiger charge is -2.07. The molecule has 0 amide bonds. The van der Waals surface area contributed by atoms with Gasteiger partial charge in [0.1, 0.15) is 0 Å². The van der Waals surface area contributed by atoms with Gasteiger partial charge < -0.3 is 10.1 Å². The van der Waals surface area contributed by atoms with Gasteiger partial charge in [0.25, 0.3) is 0 Å². The fourth-order valence-corrected chi connectivity index (χ4v) is 1.91. The molecule has 0 bridgehead atoms. The maximum absolute atomic E-state index is 5.68. The summed E-state index contributed by atoms with van der Waals surface area (Å²) < 4.78 is 5.68. The summed E-state index contributed by atoms with van der Waals surface area (Å²) in [4.78, 5) is 4.34. The predicted molar refractivity (Wildman–Crippen MR) is 74.6 cm³/mol. The summed E-state index contributed by atoms with van der Waals surface area (Å²) in [5.74, 6) is 0. The second-order valence-electron chi connectivity index (χ2n) is 4.29. The molecule has 0 atom stereocenters. The van der Waals surface area contributed by atoms with Crippen LogP contribution in [0.2, 0.25) is 0 Å². The highest BCUT2D eigenvalue weighted by atomic mass is 16.5. The Morgan fingerprint density at radius 2 is 2.06 bits per heavy atom. The average molecular weight is 244 g/mol. The number of pyridine rings is 1. The molecule has 0 fully saturated rings. The standard InChI is InChI=1S/C15H20N2O/c1-2-8-16-10-11-18-12-13-7-9-17-15-6-4-3-5-14(13)15/h3-7,9,16H,2,8,10-12H2,1H3. The van der Waals surface area contributed by atoms with Crippen LogP contribution in [0.25, 0.3) is 10.9 Å². The quantitative estimate of drug-likeness (QED) is 0.760. The van der Waals surface area contributed by atoms with E-state index in [0.29, 0.717) is 6.61 Å². The summed E-state index contributed by atoms with van der Waals surface area (Å²) in [7, 11) is 0. The molecule has 1 aromatic carbocycles. The van der Waals surface area contributed by atoms with E-state index in [9.17, 15) is 0 Å². The van der Waals surface area contributed by atoms with Crippen molar-refractivity contribution in [1.29, 1.82) is 0 Å². The highest BCUT2D eigenvalue weighted by Crippen LogP contribution is 2.16. The Hall–Kier alpha value is -1.45. The zero-order chi connectivity index (χ0) is 12.6. The number of rotatable bonds is 7. The van der Waals surface area contributed by atoms with E-state index in [0.717, 1.165) is 31.6 Å². The van der Waals surface area contributed by atoms with E-state index in [1.807, 2.05) is 30.5 Å². The highest BCUT2D eigenvalue weighted by Gasteiger charge is 2.00. The first-order valence-electron chi connectivity index (χ1n) is 6.53. The van der Waals surface area contributed by atoms with Crippen LogP contribution < -0.4 is 5.32 Å². The van der Waals surface area contributed by atoms with Crippen LogP contribution in [-0.4, -0.2) is 24.7 Å². The lowest BCUT2D eigenvalue weighted by Crippen LogP contribution is -2.20. The van der Waals surface area contributed by atoms with Gasteiger partial charge in [-0.15, -0.1) is 0 Å². The molecule has 0 radical (unpaired) electrons. The number of hydrogen-bond acceptors (Lipinski definition) is 3. The van der Waals surface area contributed by atoms with E-state index in [1.165, 1.54) is 10.9 Å². The van der Waals surface area contributed by atoms with E-state index < -0.39 is 0 Å². The summed E-state index contributed by atoms with van der Waals surface area (Å²) in [6.07, 6.45) is 3.01. The fourth-order valence-electron chi connectivity index (χ4n) is 1.91. The van der Waals surface area contributed by atoms with Gasteiger partial charge in [0.2, 0.25) is 0 Å². The monoisotopic (exact) mass is 244 g/mol. The smallest absolute Gasteiger partial charge is 0.0724 e. The van der Waals surface area contributed by atoms with Crippen molar-refractivity contribution in [3.05, 3.63) is 42.1 Å². The second-order valence-corrected chi connectivity index (χ2v) is 4.29. The molecule has 0 spiro atoms. The van der Waals surface area contributed by atoms with Crippen LogP contribution in [0.4, 0.5) is 0 Å². The molecule has 0 saturated carbocycles. The van der Waals surface area contributed by atoms with Crippen molar-refractivity contribution in [3.8, 4) is 0 Å². The molecule has 0 aliphatic heterocycles. The van der Waals surface area contributed by atoms with Crippen molar-refractivity contribution in [3.63, 3.8) is 0 Å². The number of para-hydroxylation sites is 1. The fraction of sp³-hybridized carbons (Fsp3) is 0.400. The predicted octanol–water partition coefficient (Wildman–Crippen LogP) is 2.75. The average Bonchev–Trinajstić information content (AvgIpc) is 2.43. The number of benzene rings is 1. The number of fused-ring (bicyclic) bond motifs is 1. The molecular weight excluding hydrogens is 224 g/mol. The van der Waals surface area contributed by atoms with Gasteiger partial charge in [-0.25, -0.2) is 0 Å². The summed E-state index contributed by atoms with van der Waals surface area (Å²) in [6, 6.07) is 10.2. The van der Waals surface area contributed by atoms with Crippen LogP contribution >= 0.6 is 0 Å². The molecule has 0 aliphatic carbocycles. The van der Waals surface area contributed by atoms with Crippen molar-refractivity contribution in [2.24, 2.45) is 0 Å². The van der Waals surface area contributed by atoms with Gasteiger partial charge in [-0.05, 0) is 30.7 Å². The van der Waals surface area contributed by atoms with E-state index in [2.05, 4.69) is 23.3 Å². The minimum atomic E-state index is 0.650.